The average molecular weight is 263 g/mol. The Hall–Kier alpha value is -1.35. The maximum absolute atomic E-state index is 10.9. The molecule has 3 nitrogen and oxygen atoms in total. The Morgan fingerprint density at radius 3 is 2.58 bits per heavy atom. The lowest BCUT2D eigenvalue weighted by Crippen LogP contribution is -2.27. The Morgan fingerprint density at radius 2 is 2.05 bits per heavy atom. The van der Waals surface area contributed by atoms with E-state index in [0.717, 1.165) is 6.54 Å². The van der Waals surface area contributed by atoms with Crippen LogP contribution in [0.25, 0.3) is 0 Å². The first kappa shape index (κ1) is 15.7. The van der Waals surface area contributed by atoms with Gasteiger partial charge in [0.1, 0.15) is 0 Å². The fraction of sp³-hybridized carbons (Fsp3) is 0.562. The van der Waals surface area contributed by atoms with E-state index >= 15 is 0 Å². The van der Waals surface area contributed by atoms with Crippen molar-refractivity contribution in [2.24, 2.45) is 5.92 Å². The highest BCUT2D eigenvalue weighted by Crippen LogP contribution is 2.18. The number of carboxylic acid groups (broad SMARTS) is 1. The van der Waals surface area contributed by atoms with Crippen LogP contribution < -0.4 is 5.32 Å². The van der Waals surface area contributed by atoms with Crippen molar-refractivity contribution >= 4 is 5.97 Å². The summed E-state index contributed by atoms with van der Waals surface area (Å²) >= 11 is 0. The van der Waals surface area contributed by atoms with Crippen LogP contribution in [0.2, 0.25) is 0 Å². The highest BCUT2D eigenvalue weighted by Gasteiger charge is 2.14. The molecule has 0 saturated carbocycles. The van der Waals surface area contributed by atoms with Gasteiger partial charge in [0, 0.05) is 13.1 Å². The largest absolute Gasteiger partial charge is 0.481 e. The van der Waals surface area contributed by atoms with Crippen molar-refractivity contribution in [1.29, 1.82) is 0 Å². The zero-order valence-electron chi connectivity index (χ0n) is 12.4. The van der Waals surface area contributed by atoms with Gasteiger partial charge in [0.05, 0.1) is 5.92 Å². The van der Waals surface area contributed by atoms with Crippen molar-refractivity contribution in [3.8, 4) is 0 Å². The standard InChI is InChI=1S/C16H25NO2/c1-5-13(16(18)19)9-17-10-15-8-14(11(2)3)7-6-12(15)4/h6-8,11,13,17H,5,9-10H2,1-4H3,(H,18,19). The van der Waals surface area contributed by atoms with E-state index in [-0.39, 0.29) is 5.92 Å². The fourth-order valence-corrected chi connectivity index (χ4v) is 2.03. The molecule has 0 spiro atoms. The summed E-state index contributed by atoms with van der Waals surface area (Å²) < 4.78 is 0. The molecule has 0 saturated heterocycles. The van der Waals surface area contributed by atoms with Gasteiger partial charge in [-0.05, 0) is 36.0 Å². The van der Waals surface area contributed by atoms with E-state index in [9.17, 15) is 4.79 Å². The van der Waals surface area contributed by atoms with E-state index in [1.54, 1.807) is 0 Å². The van der Waals surface area contributed by atoms with Crippen molar-refractivity contribution in [1.82, 2.24) is 5.32 Å². The van der Waals surface area contributed by atoms with Gasteiger partial charge in [0.15, 0.2) is 0 Å². The summed E-state index contributed by atoms with van der Waals surface area (Å²) in [6.45, 7) is 9.62. The Balaban J connectivity index is 2.62. The van der Waals surface area contributed by atoms with Gasteiger partial charge in [-0.1, -0.05) is 39.0 Å². The molecule has 0 aliphatic heterocycles. The third-order valence-corrected chi connectivity index (χ3v) is 3.59. The van der Waals surface area contributed by atoms with Crippen LogP contribution in [-0.4, -0.2) is 17.6 Å². The maximum atomic E-state index is 10.9. The fourth-order valence-electron chi connectivity index (χ4n) is 2.03. The van der Waals surface area contributed by atoms with Crippen LogP contribution in [0, 0.1) is 12.8 Å². The minimum atomic E-state index is -0.720. The maximum Gasteiger partial charge on any atom is 0.307 e. The molecule has 0 amide bonds. The van der Waals surface area contributed by atoms with Crippen molar-refractivity contribution < 1.29 is 9.90 Å². The summed E-state index contributed by atoms with van der Waals surface area (Å²) in [6, 6.07) is 6.52. The predicted octanol–water partition coefficient (Wildman–Crippen LogP) is 3.32. The first-order valence-electron chi connectivity index (χ1n) is 6.98. The summed E-state index contributed by atoms with van der Waals surface area (Å²) in [5, 5.41) is 12.3. The van der Waals surface area contributed by atoms with Crippen molar-refractivity contribution in [3.05, 3.63) is 34.9 Å². The second kappa shape index (κ2) is 7.29. The SMILES string of the molecule is CCC(CNCc1cc(C(C)C)ccc1C)C(=O)O. The Kier molecular flexibility index (Phi) is 6.03. The van der Waals surface area contributed by atoms with Gasteiger partial charge in [-0.25, -0.2) is 0 Å². The number of benzene rings is 1. The Labute approximate surface area is 116 Å². The molecule has 0 aliphatic carbocycles. The molecule has 0 aliphatic rings. The number of hydrogen-bond donors (Lipinski definition) is 2. The number of carboxylic acids is 1. The summed E-state index contributed by atoms with van der Waals surface area (Å²) in [4.78, 5) is 10.9. The lowest BCUT2D eigenvalue weighted by atomic mass is 9.97. The van der Waals surface area contributed by atoms with E-state index in [1.807, 2.05) is 6.92 Å². The lowest BCUT2D eigenvalue weighted by Gasteiger charge is -2.14. The highest BCUT2D eigenvalue weighted by atomic mass is 16.4. The molecule has 1 atom stereocenters. The number of nitrogens with one attached hydrogen (secondary N) is 1. The molecule has 0 bridgehead atoms. The minimum absolute atomic E-state index is 0.298. The molecule has 3 heteroatoms. The number of carbonyl (C=O) groups is 1. The van der Waals surface area contributed by atoms with Crippen molar-refractivity contribution in [3.63, 3.8) is 0 Å². The molecule has 19 heavy (non-hydrogen) atoms. The minimum Gasteiger partial charge on any atom is -0.481 e. The number of hydrogen-bond acceptors (Lipinski definition) is 2. The Bertz CT molecular complexity index is 427. The zero-order valence-corrected chi connectivity index (χ0v) is 12.4. The van der Waals surface area contributed by atoms with E-state index in [1.165, 1.54) is 16.7 Å². The highest BCUT2D eigenvalue weighted by molar-refractivity contribution is 5.70. The van der Waals surface area contributed by atoms with Crippen molar-refractivity contribution in [2.45, 2.75) is 46.6 Å². The van der Waals surface area contributed by atoms with Crippen LogP contribution in [0.3, 0.4) is 0 Å². The van der Waals surface area contributed by atoms with Crippen LogP contribution in [0.15, 0.2) is 18.2 Å². The summed E-state index contributed by atoms with van der Waals surface area (Å²) in [5.41, 5.74) is 3.83. The van der Waals surface area contributed by atoms with Crippen LogP contribution >= 0.6 is 0 Å². The zero-order chi connectivity index (χ0) is 14.4. The molecule has 1 rings (SSSR count). The third kappa shape index (κ3) is 4.67. The monoisotopic (exact) mass is 263 g/mol. The molecule has 1 aromatic carbocycles. The van der Waals surface area contributed by atoms with Gasteiger partial charge >= 0.3 is 5.97 Å². The molecule has 1 unspecified atom stereocenters. The van der Waals surface area contributed by atoms with Crippen LogP contribution in [0.4, 0.5) is 0 Å². The molecule has 0 heterocycles. The van der Waals surface area contributed by atoms with E-state index in [2.05, 4.69) is 44.3 Å². The van der Waals surface area contributed by atoms with Gasteiger partial charge in [-0.15, -0.1) is 0 Å². The first-order valence-corrected chi connectivity index (χ1v) is 6.98. The first-order chi connectivity index (χ1) is 8.95. The van der Waals surface area contributed by atoms with Gasteiger partial charge in [-0.3, -0.25) is 4.79 Å². The van der Waals surface area contributed by atoms with E-state index in [4.69, 9.17) is 5.11 Å². The van der Waals surface area contributed by atoms with E-state index < -0.39 is 5.97 Å². The smallest absolute Gasteiger partial charge is 0.307 e. The molecular formula is C16H25NO2. The second-order valence-electron chi connectivity index (χ2n) is 5.41. The van der Waals surface area contributed by atoms with Crippen molar-refractivity contribution in [2.75, 3.05) is 6.54 Å². The quantitative estimate of drug-likeness (QED) is 0.793. The summed E-state index contributed by atoms with van der Waals surface area (Å²) in [7, 11) is 0. The topological polar surface area (TPSA) is 49.3 Å². The number of rotatable bonds is 7. The average Bonchev–Trinajstić information content (AvgIpc) is 2.35. The van der Waals surface area contributed by atoms with E-state index in [0.29, 0.717) is 18.9 Å². The van der Waals surface area contributed by atoms with Gasteiger partial charge in [-0.2, -0.15) is 0 Å². The molecule has 1 aromatic rings. The third-order valence-electron chi connectivity index (χ3n) is 3.59. The van der Waals surface area contributed by atoms with Crippen LogP contribution in [0.5, 0.6) is 0 Å². The second-order valence-corrected chi connectivity index (χ2v) is 5.41. The normalized spacial score (nSPS) is 12.7. The van der Waals surface area contributed by atoms with Gasteiger partial charge in [0.2, 0.25) is 0 Å². The van der Waals surface area contributed by atoms with Gasteiger partial charge in [0.25, 0.3) is 0 Å². The van der Waals surface area contributed by atoms with Gasteiger partial charge < -0.3 is 10.4 Å². The van der Waals surface area contributed by atoms with Crippen LogP contribution in [-0.2, 0) is 11.3 Å². The Morgan fingerprint density at radius 1 is 1.37 bits per heavy atom. The summed E-state index contributed by atoms with van der Waals surface area (Å²) in [6.07, 6.45) is 0.660. The molecule has 0 fully saturated rings. The molecule has 0 radical (unpaired) electrons. The molecular weight excluding hydrogens is 238 g/mol. The molecule has 106 valence electrons. The summed E-state index contributed by atoms with van der Waals surface area (Å²) in [5.74, 6) is -0.502. The number of aliphatic carboxylic acids is 1. The number of aryl methyl sites for hydroxylation is 1. The lowest BCUT2D eigenvalue weighted by molar-refractivity contribution is -0.141. The predicted molar refractivity (Wildman–Crippen MR) is 78.4 cm³/mol. The van der Waals surface area contributed by atoms with Crippen LogP contribution in [0.1, 0.15) is 49.8 Å². The molecule has 0 aromatic heterocycles. The molecule has 2 N–H and O–H groups in total.